The van der Waals surface area contributed by atoms with Crippen molar-refractivity contribution in [2.75, 3.05) is 5.75 Å². The van der Waals surface area contributed by atoms with Crippen LogP contribution in [-0.4, -0.2) is 31.6 Å². The van der Waals surface area contributed by atoms with E-state index in [0.29, 0.717) is 9.89 Å². The lowest BCUT2D eigenvalue weighted by Crippen LogP contribution is -2.00. The van der Waals surface area contributed by atoms with Crippen molar-refractivity contribution in [3.05, 3.63) is 4.73 Å². The molecule has 0 aromatic carbocycles. The molecular formula is C5H6BrN3O2S. The van der Waals surface area contributed by atoms with Crippen LogP contribution in [0, 0.1) is 0 Å². The molecule has 1 heterocycles. The van der Waals surface area contributed by atoms with Crippen molar-refractivity contribution in [1.82, 2.24) is 14.8 Å². The monoisotopic (exact) mass is 251 g/mol. The zero-order valence-electron chi connectivity index (χ0n) is 6.19. The second-order valence-corrected chi connectivity index (χ2v) is 3.62. The Bertz CT molecular complexity index is 301. The number of carboxylic acid groups (broad SMARTS) is 1. The predicted molar refractivity (Wildman–Crippen MR) is 47.1 cm³/mol. The summed E-state index contributed by atoms with van der Waals surface area (Å²) in [5, 5.41) is 12.9. The van der Waals surface area contributed by atoms with E-state index in [2.05, 4.69) is 26.0 Å². The molecule has 0 atom stereocenters. The standard InChI is InChI=1S/C5H6BrN3O2S/c1-9-5(7-4(6)8-9)12-2-3(10)11/h2H2,1H3,(H,10,11). The molecule has 1 aromatic heterocycles. The molecule has 0 saturated carbocycles. The smallest absolute Gasteiger partial charge is 0.313 e. The van der Waals surface area contributed by atoms with E-state index >= 15 is 0 Å². The number of hydrogen-bond acceptors (Lipinski definition) is 4. The van der Waals surface area contributed by atoms with Crippen LogP contribution in [-0.2, 0) is 11.8 Å². The molecule has 0 bridgehead atoms. The van der Waals surface area contributed by atoms with E-state index in [4.69, 9.17) is 5.11 Å². The Morgan fingerprint density at radius 2 is 2.50 bits per heavy atom. The van der Waals surface area contributed by atoms with Gasteiger partial charge in [0.2, 0.25) is 4.73 Å². The number of aryl methyl sites for hydroxylation is 1. The van der Waals surface area contributed by atoms with Crippen LogP contribution in [0.4, 0.5) is 0 Å². The fourth-order valence-electron chi connectivity index (χ4n) is 0.592. The molecular weight excluding hydrogens is 246 g/mol. The number of halogens is 1. The lowest BCUT2D eigenvalue weighted by molar-refractivity contribution is -0.133. The molecule has 0 amide bonds. The number of carbonyl (C=O) groups is 1. The molecule has 1 rings (SSSR count). The maximum atomic E-state index is 10.2. The van der Waals surface area contributed by atoms with Gasteiger partial charge in [-0.15, -0.1) is 5.10 Å². The summed E-state index contributed by atoms with van der Waals surface area (Å²) in [6.07, 6.45) is 0. The molecule has 66 valence electrons. The largest absolute Gasteiger partial charge is 0.481 e. The van der Waals surface area contributed by atoms with E-state index in [-0.39, 0.29) is 5.75 Å². The average Bonchev–Trinajstić information content (AvgIpc) is 2.26. The first-order valence-corrected chi connectivity index (χ1v) is 4.78. The number of rotatable bonds is 3. The van der Waals surface area contributed by atoms with Gasteiger partial charge in [-0.05, 0) is 15.9 Å². The Labute approximate surface area is 81.3 Å². The zero-order chi connectivity index (χ0) is 9.14. The summed E-state index contributed by atoms with van der Waals surface area (Å²) in [4.78, 5) is 14.2. The van der Waals surface area contributed by atoms with E-state index in [1.807, 2.05) is 0 Å². The molecule has 0 aliphatic carbocycles. The Morgan fingerprint density at radius 3 is 2.92 bits per heavy atom. The highest BCUT2D eigenvalue weighted by atomic mass is 79.9. The van der Waals surface area contributed by atoms with Crippen LogP contribution in [0.25, 0.3) is 0 Å². The van der Waals surface area contributed by atoms with Crippen molar-refractivity contribution < 1.29 is 9.90 Å². The second kappa shape index (κ2) is 3.90. The van der Waals surface area contributed by atoms with Gasteiger partial charge < -0.3 is 5.11 Å². The van der Waals surface area contributed by atoms with Crippen LogP contribution in [0.15, 0.2) is 9.89 Å². The summed E-state index contributed by atoms with van der Waals surface area (Å²) in [6.45, 7) is 0. The first-order chi connectivity index (χ1) is 5.59. The third-order valence-electron chi connectivity index (χ3n) is 1.02. The second-order valence-electron chi connectivity index (χ2n) is 1.97. The molecule has 0 aliphatic rings. The molecule has 0 radical (unpaired) electrons. The topological polar surface area (TPSA) is 68.0 Å². The Kier molecular flexibility index (Phi) is 3.10. The predicted octanol–water partition coefficient (Wildman–Crippen LogP) is 0.754. The minimum atomic E-state index is -0.862. The van der Waals surface area contributed by atoms with Crippen LogP contribution in [0.2, 0.25) is 0 Å². The van der Waals surface area contributed by atoms with Gasteiger partial charge in [0.15, 0.2) is 5.16 Å². The van der Waals surface area contributed by atoms with E-state index in [9.17, 15) is 4.79 Å². The summed E-state index contributed by atoms with van der Waals surface area (Å²) in [5.74, 6) is -0.863. The first-order valence-electron chi connectivity index (χ1n) is 3.00. The highest BCUT2D eigenvalue weighted by Gasteiger charge is 2.07. The normalized spacial score (nSPS) is 10.2. The molecule has 0 fully saturated rings. The van der Waals surface area contributed by atoms with E-state index in [1.165, 1.54) is 4.68 Å². The Morgan fingerprint density at radius 1 is 1.83 bits per heavy atom. The molecule has 12 heavy (non-hydrogen) atoms. The van der Waals surface area contributed by atoms with Crippen LogP contribution in [0.1, 0.15) is 0 Å². The quantitative estimate of drug-likeness (QED) is 0.804. The number of hydrogen-bond donors (Lipinski definition) is 1. The fraction of sp³-hybridized carbons (Fsp3) is 0.400. The van der Waals surface area contributed by atoms with Crippen molar-refractivity contribution >= 4 is 33.7 Å². The van der Waals surface area contributed by atoms with E-state index in [1.54, 1.807) is 7.05 Å². The molecule has 5 nitrogen and oxygen atoms in total. The van der Waals surface area contributed by atoms with Gasteiger partial charge in [0.25, 0.3) is 0 Å². The average molecular weight is 252 g/mol. The van der Waals surface area contributed by atoms with Crippen molar-refractivity contribution in [3.63, 3.8) is 0 Å². The van der Waals surface area contributed by atoms with Crippen LogP contribution >= 0.6 is 27.7 Å². The number of aromatic nitrogens is 3. The van der Waals surface area contributed by atoms with Gasteiger partial charge in [0.1, 0.15) is 0 Å². The Hall–Kier alpha value is -0.560. The summed E-state index contributed by atoms with van der Waals surface area (Å²) >= 11 is 4.22. The molecule has 7 heteroatoms. The van der Waals surface area contributed by atoms with Gasteiger partial charge in [-0.1, -0.05) is 11.8 Å². The fourth-order valence-corrected chi connectivity index (χ4v) is 1.75. The summed E-state index contributed by atoms with van der Waals surface area (Å²) in [5.41, 5.74) is 0. The molecule has 0 aliphatic heterocycles. The van der Waals surface area contributed by atoms with Crippen molar-refractivity contribution in [2.24, 2.45) is 7.05 Å². The Balaban J connectivity index is 2.62. The number of thioether (sulfide) groups is 1. The van der Waals surface area contributed by atoms with Gasteiger partial charge in [0, 0.05) is 7.05 Å². The minimum Gasteiger partial charge on any atom is -0.481 e. The minimum absolute atomic E-state index is 0.00102. The number of aliphatic carboxylic acids is 1. The molecule has 0 spiro atoms. The maximum Gasteiger partial charge on any atom is 0.313 e. The van der Waals surface area contributed by atoms with Crippen LogP contribution < -0.4 is 0 Å². The lowest BCUT2D eigenvalue weighted by Gasteiger charge is -1.94. The van der Waals surface area contributed by atoms with Crippen molar-refractivity contribution in [1.29, 1.82) is 0 Å². The van der Waals surface area contributed by atoms with Gasteiger partial charge >= 0.3 is 5.97 Å². The van der Waals surface area contributed by atoms with Crippen molar-refractivity contribution in [2.45, 2.75) is 5.16 Å². The highest BCUT2D eigenvalue weighted by Crippen LogP contribution is 2.16. The van der Waals surface area contributed by atoms with Gasteiger partial charge in [-0.2, -0.15) is 4.98 Å². The summed E-state index contributed by atoms with van der Waals surface area (Å²) < 4.78 is 2.00. The van der Waals surface area contributed by atoms with Gasteiger partial charge in [0.05, 0.1) is 5.75 Å². The van der Waals surface area contributed by atoms with E-state index in [0.717, 1.165) is 11.8 Å². The molecule has 1 aromatic rings. The first kappa shape index (κ1) is 9.53. The molecule has 0 saturated heterocycles. The third kappa shape index (κ3) is 2.49. The number of nitrogens with zero attached hydrogens (tertiary/aromatic N) is 3. The van der Waals surface area contributed by atoms with Gasteiger partial charge in [-0.3, -0.25) is 4.79 Å². The molecule has 0 unspecified atom stereocenters. The van der Waals surface area contributed by atoms with Crippen molar-refractivity contribution in [3.8, 4) is 0 Å². The van der Waals surface area contributed by atoms with Crippen LogP contribution in [0.5, 0.6) is 0 Å². The van der Waals surface area contributed by atoms with Gasteiger partial charge in [-0.25, -0.2) is 4.68 Å². The summed E-state index contributed by atoms with van der Waals surface area (Å²) in [7, 11) is 1.71. The number of carboxylic acids is 1. The highest BCUT2D eigenvalue weighted by molar-refractivity contribution is 9.10. The van der Waals surface area contributed by atoms with E-state index < -0.39 is 5.97 Å². The SMILES string of the molecule is Cn1nc(Br)nc1SCC(=O)O. The summed E-state index contributed by atoms with van der Waals surface area (Å²) in [6, 6.07) is 0. The molecule has 1 N–H and O–H groups in total. The lowest BCUT2D eigenvalue weighted by atomic mass is 10.8. The van der Waals surface area contributed by atoms with Crippen LogP contribution in [0.3, 0.4) is 0 Å². The zero-order valence-corrected chi connectivity index (χ0v) is 8.59. The third-order valence-corrected chi connectivity index (χ3v) is 2.36. The maximum absolute atomic E-state index is 10.2.